The molecule has 60 valence electrons. The Kier molecular flexibility index (Phi) is 1.75. The quantitative estimate of drug-likeness (QED) is 0.665. The Morgan fingerprint density at radius 1 is 1.25 bits per heavy atom. The molecule has 0 atom stereocenters. The number of hydrogen-bond acceptors (Lipinski definition) is 3. The maximum Gasteiger partial charge on any atom is 0.250 e. The maximum absolute atomic E-state index is 5.62. The van der Waals surface area contributed by atoms with Crippen LogP contribution < -0.4 is 0 Å². The molecule has 0 saturated carbocycles. The fourth-order valence-corrected chi connectivity index (χ4v) is 0.908. The molecule has 0 spiro atoms. The standard InChI is InChI=1S/C7H5ClN4/c8-6-4-9-7(10-5-6)12-3-1-2-11-12/h1-5H. The summed E-state index contributed by atoms with van der Waals surface area (Å²) in [4.78, 5) is 7.96. The van der Waals surface area contributed by atoms with E-state index in [0.29, 0.717) is 11.0 Å². The van der Waals surface area contributed by atoms with Crippen LogP contribution in [-0.4, -0.2) is 19.7 Å². The topological polar surface area (TPSA) is 43.6 Å². The van der Waals surface area contributed by atoms with Crippen molar-refractivity contribution in [3.63, 3.8) is 0 Å². The van der Waals surface area contributed by atoms with Crippen LogP contribution in [0.5, 0.6) is 0 Å². The molecule has 0 bridgehead atoms. The zero-order valence-electron chi connectivity index (χ0n) is 6.05. The summed E-state index contributed by atoms with van der Waals surface area (Å²) < 4.78 is 1.57. The van der Waals surface area contributed by atoms with Crippen molar-refractivity contribution in [2.75, 3.05) is 0 Å². The summed E-state index contributed by atoms with van der Waals surface area (Å²) in [6.45, 7) is 0. The molecule has 0 radical (unpaired) electrons. The zero-order valence-corrected chi connectivity index (χ0v) is 6.81. The second-order valence-corrected chi connectivity index (χ2v) is 2.59. The molecular formula is C7H5ClN4. The number of hydrogen-bond donors (Lipinski definition) is 0. The van der Waals surface area contributed by atoms with E-state index >= 15 is 0 Å². The lowest BCUT2D eigenvalue weighted by Gasteiger charge is -1.96. The van der Waals surface area contributed by atoms with Gasteiger partial charge in [-0.05, 0) is 6.07 Å². The summed E-state index contributed by atoms with van der Waals surface area (Å²) in [5.41, 5.74) is 0. The van der Waals surface area contributed by atoms with Gasteiger partial charge in [0.05, 0.1) is 17.4 Å². The van der Waals surface area contributed by atoms with Crippen molar-refractivity contribution < 1.29 is 0 Å². The molecule has 0 N–H and O–H groups in total. The Hall–Kier alpha value is -1.42. The summed E-state index contributed by atoms with van der Waals surface area (Å²) in [7, 11) is 0. The molecule has 2 rings (SSSR count). The zero-order chi connectivity index (χ0) is 8.39. The molecule has 2 heterocycles. The number of rotatable bonds is 1. The third kappa shape index (κ3) is 1.29. The number of aromatic nitrogens is 4. The van der Waals surface area contributed by atoms with Gasteiger partial charge in [-0.15, -0.1) is 0 Å². The fourth-order valence-electron chi connectivity index (χ4n) is 0.811. The predicted molar refractivity (Wildman–Crippen MR) is 44.2 cm³/mol. The van der Waals surface area contributed by atoms with Crippen LogP contribution in [0.15, 0.2) is 30.9 Å². The average Bonchev–Trinajstić information content (AvgIpc) is 2.58. The van der Waals surface area contributed by atoms with E-state index in [4.69, 9.17) is 11.6 Å². The van der Waals surface area contributed by atoms with Crippen LogP contribution in [0.25, 0.3) is 5.95 Å². The number of halogens is 1. The smallest absolute Gasteiger partial charge is 0.218 e. The van der Waals surface area contributed by atoms with Crippen molar-refractivity contribution in [2.45, 2.75) is 0 Å². The minimum Gasteiger partial charge on any atom is -0.218 e. The van der Waals surface area contributed by atoms with Crippen LogP contribution in [0.4, 0.5) is 0 Å². The third-order valence-electron chi connectivity index (χ3n) is 1.32. The van der Waals surface area contributed by atoms with Crippen LogP contribution in [0.2, 0.25) is 5.02 Å². The van der Waals surface area contributed by atoms with E-state index in [1.54, 1.807) is 23.1 Å². The van der Waals surface area contributed by atoms with Gasteiger partial charge in [0.25, 0.3) is 5.95 Å². The highest BCUT2D eigenvalue weighted by molar-refractivity contribution is 6.30. The molecule has 4 nitrogen and oxygen atoms in total. The first-order chi connectivity index (χ1) is 5.86. The second kappa shape index (κ2) is 2.91. The van der Waals surface area contributed by atoms with E-state index in [9.17, 15) is 0 Å². The molecule has 0 unspecified atom stereocenters. The largest absolute Gasteiger partial charge is 0.250 e. The highest BCUT2D eigenvalue weighted by Gasteiger charge is 1.97. The molecule has 0 aliphatic heterocycles. The summed E-state index contributed by atoms with van der Waals surface area (Å²) in [6.07, 6.45) is 6.50. The highest BCUT2D eigenvalue weighted by atomic mass is 35.5. The average molecular weight is 181 g/mol. The molecular weight excluding hydrogens is 176 g/mol. The van der Waals surface area contributed by atoms with Gasteiger partial charge in [-0.2, -0.15) is 5.10 Å². The van der Waals surface area contributed by atoms with E-state index in [0.717, 1.165) is 0 Å². The molecule has 0 aliphatic rings. The van der Waals surface area contributed by atoms with Gasteiger partial charge < -0.3 is 0 Å². The van der Waals surface area contributed by atoms with E-state index in [1.165, 1.54) is 12.4 Å². The lowest BCUT2D eigenvalue weighted by Crippen LogP contribution is -1.99. The van der Waals surface area contributed by atoms with Crippen molar-refractivity contribution >= 4 is 11.6 Å². The molecule has 0 aromatic carbocycles. The summed E-state index contributed by atoms with van der Waals surface area (Å²) >= 11 is 5.62. The Bertz CT molecular complexity index is 353. The van der Waals surface area contributed by atoms with Gasteiger partial charge in [0.15, 0.2) is 0 Å². The summed E-state index contributed by atoms with van der Waals surface area (Å²) in [5.74, 6) is 0.518. The Morgan fingerprint density at radius 3 is 2.58 bits per heavy atom. The lowest BCUT2D eigenvalue weighted by atomic mass is 10.7. The molecule has 0 aliphatic carbocycles. The highest BCUT2D eigenvalue weighted by Crippen LogP contribution is 2.04. The van der Waals surface area contributed by atoms with Gasteiger partial charge in [-0.1, -0.05) is 11.6 Å². The molecule has 5 heteroatoms. The molecule has 0 saturated heterocycles. The summed E-state index contributed by atoms with van der Waals surface area (Å²) in [5, 5.41) is 4.48. The van der Waals surface area contributed by atoms with Gasteiger partial charge in [-0.3, -0.25) is 0 Å². The predicted octanol–water partition coefficient (Wildman–Crippen LogP) is 1.32. The van der Waals surface area contributed by atoms with E-state index < -0.39 is 0 Å². The van der Waals surface area contributed by atoms with Gasteiger partial charge >= 0.3 is 0 Å². The first-order valence-corrected chi connectivity index (χ1v) is 3.71. The van der Waals surface area contributed by atoms with Crippen molar-refractivity contribution in [1.82, 2.24) is 19.7 Å². The Labute approximate surface area is 73.8 Å². The monoisotopic (exact) mass is 180 g/mol. The van der Waals surface area contributed by atoms with E-state index in [1.807, 2.05) is 0 Å². The van der Waals surface area contributed by atoms with Crippen molar-refractivity contribution in [2.24, 2.45) is 0 Å². The maximum atomic E-state index is 5.62. The van der Waals surface area contributed by atoms with E-state index in [2.05, 4.69) is 15.1 Å². The molecule has 2 aromatic rings. The van der Waals surface area contributed by atoms with Crippen molar-refractivity contribution in [3.05, 3.63) is 35.9 Å². The van der Waals surface area contributed by atoms with Crippen LogP contribution in [0, 0.1) is 0 Å². The first kappa shape index (κ1) is 7.24. The Morgan fingerprint density at radius 2 is 2.00 bits per heavy atom. The van der Waals surface area contributed by atoms with Gasteiger partial charge in [0.1, 0.15) is 0 Å². The minimum atomic E-state index is 0.518. The van der Waals surface area contributed by atoms with E-state index in [-0.39, 0.29) is 0 Å². The SMILES string of the molecule is Clc1cnc(-n2cccn2)nc1. The number of nitrogens with zero attached hydrogens (tertiary/aromatic N) is 4. The second-order valence-electron chi connectivity index (χ2n) is 2.15. The Balaban J connectivity index is 2.43. The molecule has 2 aromatic heterocycles. The van der Waals surface area contributed by atoms with Crippen LogP contribution in [0.1, 0.15) is 0 Å². The fraction of sp³-hybridized carbons (Fsp3) is 0. The van der Waals surface area contributed by atoms with Crippen LogP contribution in [-0.2, 0) is 0 Å². The van der Waals surface area contributed by atoms with Crippen LogP contribution in [0.3, 0.4) is 0 Å². The van der Waals surface area contributed by atoms with Crippen LogP contribution >= 0.6 is 11.6 Å². The van der Waals surface area contributed by atoms with Gasteiger partial charge in [-0.25, -0.2) is 14.6 Å². The minimum absolute atomic E-state index is 0.518. The van der Waals surface area contributed by atoms with Gasteiger partial charge in [0, 0.05) is 12.4 Å². The third-order valence-corrected chi connectivity index (χ3v) is 1.51. The van der Waals surface area contributed by atoms with Crippen molar-refractivity contribution in [3.8, 4) is 5.95 Å². The molecule has 0 fully saturated rings. The van der Waals surface area contributed by atoms with Gasteiger partial charge in [0.2, 0.25) is 0 Å². The van der Waals surface area contributed by atoms with Crippen molar-refractivity contribution in [1.29, 1.82) is 0 Å². The summed E-state index contributed by atoms with van der Waals surface area (Å²) in [6, 6.07) is 1.80. The molecule has 12 heavy (non-hydrogen) atoms. The first-order valence-electron chi connectivity index (χ1n) is 3.34. The normalized spacial score (nSPS) is 10.1. The lowest BCUT2D eigenvalue weighted by molar-refractivity contribution is 0.808. The molecule has 0 amide bonds.